The van der Waals surface area contributed by atoms with Crippen molar-refractivity contribution in [3.63, 3.8) is 0 Å². The first-order valence-corrected chi connectivity index (χ1v) is 9.43. The molecule has 0 aromatic heterocycles. The Morgan fingerprint density at radius 1 is 1.15 bits per heavy atom. The van der Waals surface area contributed by atoms with E-state index in [0.717, 1.165) is 11.3 Å². The number of hydrogen-bond acceptors (Lipinski definition) is 5. The van der Waals surface area contributed by atoms with Crippen molar-refractivity contribution in [2.75, 3.05) is 27.3 Å². The molecule has 0 fully saturated rings. The summed E-state index contributed by atoms with van der Waals surface area (Å²) >= 11 is 0. The van der Waals surface area contributed by atoms with Crippen LogP contribution in [0.15, 0.2) is 47.4 Å². The molecule has 2 N–H and O–H groups in total. The standard InChI is InChI=1S/C18H22N2O5S/c1-13-6-4-5-7-16(13)25-11-10-20(2)18(21)15-12-14(26(19,22)23)8-9-17(15)24-3/h4-9,12H,10-11H2,1-3H3,(H2,19,22,23). The van der Waals surface area contributed by atoms with Crippen LogP contribution in [-0.2, 0) is 10.0 Å². The Kier molecular flexibility index (Phi) is 6.23. The summed E-state index contributed by atoms with van der Waals surface area (Å²) in [5.74, 6) is 0.636. The second-order valence-electron chi connectivity index (χ2n) is 5.75. The van der Waals surface area contributed by atoms with Gasteiger partial charge in [-0.25, -0.2) is 13.6 Å². The maximum atomic E-state index is 12.7. The Labute approximate surface area is 153 Å². The highest BCUT2D eigenvalue weighted by atomic mass is 32.2. The summed E-state index contributed by atoms with van der Waals surface area (Å²) in [4.78, 5) is 14.0. The van der Waals surface area contributed by atoms with Crippen LogP contribution in [0.4, 0.5) is 0 Å². The Hall–Kier alpha value is -2.58. The first-order valence-electron chi connectivity index (χ1n) is 7.88. The van der Waals surface area contributed by atoms with Crippen LogP contribution in [0.2, 0.25) is 0 Å². The molecule has 26 heavy (non-hydrogen) atoms. The molecule has 1 amide bonds. The van der Waals surface area contributed by atoms with Gasteiger partial charge in [0.25, 0.3) is 5.91 Å². The number of methoxy groups -OCH3 is 1. The Balaban J connectivity index is 2.11. The molecule has 8 heteroatoms. The van der Waals surface area contributed by atoms with Gasteiger partial charge in [0.1, 0.15) is 18.1 Å². The van der Waals surface area contributed by atoms with Gasteiger partial charge in [0, 0.05) is 7.05 Å². The lowest BCUT2D eigenvalue weighted by atomic mass is 10.1. The number of amides is 1. The average molecular weight is 378 g/mol. The molecule has 2 aromatic rings. The van der Waals surface area contributed by atoms with Crippen molar-refractivity contribution >= 4 is 15.9 Å². The number of likely N-dealkylation sites (N-methyl/N-ethyl adjacent to an activating group) is 1. The van der Waals surface area contributed by atoms with Crippen LogP contribution in [0.3, 0.4) is 0 Å². The summed E-state index contributed by atoms with van der Waals surface area (Å²) in [5, 5.41) is 5.14. The highest BCUT2D eigenvalue weighted by Gasteiger charge is 2.20. The van der Waals surface area contributed by atoms with E-state index in [1.807, 2.05) is 31.2 Å². The predicted octanol–water partition coefficient (Wildman–Crippen LogP) is 1.80. The number of benzene rings is 2. The Bertz CT molecular complexity index is 896. The van der Waals surface area contributed by atoms with E-state index in [4.69, 9.17) is 14.6 Å². The molecule has 0 unspecified atom stereocenters. The second-order valence-corrected chi connectivity index (χ2v) is 7.31. The van der Waals surface area contributed by atoms with Crippen molar-refractivity contribution in [1.29, 1.82) is 0 Å². The quantitative estimate of drug-likeness (QED) is 0.792. The van der Waals surface area contributed by atoms with E-state index in [9.17, 15) is 13.2 Å². The molecule has 2 aromatic carbocycles. The number of carbonyl (C=O) groups excluding carboxylic acids is 1. The van der Waals surface area contributed by atoms with Crippen LogP contribution < -0.4 is 14.6 Å². The summed E-state index contributed by atoms with van der Waals surface area (Å²) in [7, 11) is -0.908. The van der Waals surface area contributed by atoms with Gasteiger partial charge in [0.05, 0.1) is 24.1 Å². The van der Waals surface area contributed by atoms with Gasteiger partial charge in [0.15, 0.2) is 0 Å². The monoisotopic (exact) mass is 378 g/mol. The number of primary sulfonamides is 1. The van der Waals surface area contributed by atoms with Crippen molar-refractivity contribution in [3.05, 3.63) is 53.6 Å². The van der Waals surface area contributed by atoms with E-state index in [1.54, 1.807) is 7.05 Å². The topological polar surface area (TPSA) is 98.9 Å². The smallest absolute Gasteiger partial charge is 0.257 e. The first-order chi connectivity index (χ1) is 12.2. The third-order valence-electron chi connectivity index (χ3n) is 3.85. The fourth-order valence-electron chi connectivity index (χ4n) is 2.35. The molecular formula is C18H22N2O5S. The zero-order valence-corrected chi connectivity index (χ0v) is 15.7. The molecule has 2 rings (SSSR count). The van der Waals surface area contributed by atoms with Crippen LogP contribution in [-0.4, -0.2) is 46.5 Å². The number of nitrogens with zero attached hydrogens (tertiary/aromatic N) is 1. The van der Waals surface area contributed by atoms with Gasteiger partial charge in [-0.2, -0.15) is 0 Å². The normalized spacial score (nSPS) is 11.1. The summed E-state index contributed by atoms with van der Waals surface area (Å²) in [6.07, 6.45) is 0. The molecule has 0 heterocycles. The highest BCUT2D eigenvalue weighted by Crippen LogP contribution is 2.23. The Morgan fingerprint density at radius 3 is 2.46 bits per heavy atom. The third-order valence-corrected chi connectivity index (χ3v) is 4.77. The minimum absolute atomic E-state index is 0.123. The van der Waals surface area contributed by atoms with Gasteiger partial charge in [-0.3, -0.25) is 4.79 Å². The van der Waals surface area contributed by atoms with Crippen LogP contribution in [0, 0.1) is 6.92 Å². The molecule has 0 aliphatic carbocycles. The van der Waals surface area contributed by atoms with Crippen molar-refractivity contribution in [2.45, 2.75) is 11.8 Å². The highest BCUT2D eigenvalue weighted by molar-refractivity contribution is 7.89. The van der Waals surface area contributed by atoms with Crippen molar-refractivity contribution in [3.8, 4) is 11.5 Å². The first kappa shape index (κ1) is 19.7. The molecule has 0 spiro atoms. The second kappa shape index (κ2) is 8.20. The summed E-state index contributed by atoms with van der Waals surface area (Å²) in [6.45, 7) is 2.55. The van der Waals surface area contributed by atoms with Crippen molar-refractivity contribution < 1.29 is 22.7 Å². The number of ether oxygens (including phenoxy) is 2. The molecule has 140 valence electrons. The van der Waals surface area contributed by atoms with Crippen LogP contribution >= 0.6 is 0 Å². The average Bonchev–Trinajstić information content (AvgIpc) is 2.61. The van der Waals surface area contributed by atoms with E-state index in [2.05, 4.69) is 0 Å². The number of para-hydroxylation sites is 1. The fraction of sp³-hybridized carbons (Fsp3) is 0.278. The molecular weight excluding hydrogens is 356 g/mol. The number of sulfonamides is 1. The van der Waals surface area contributed by atoms with E-state index in [-0.39, 0.29) is 22.1 Å². The predicted molar refractivity (Wildman–Crippen MR) is 98.0 cm³/mol. The number of rotatable bonds is 7. The van der Waals surface area contributed by atoms with Crippen molar-refractivity contribution in [2.24, 2.45) is 5.14 Å². The van der Waals surface area contributed by atoms with Gasteiger partial charge in [-0.15, -0.1) is 0 Å². The maximum Gasteiger partial charge on any atom is 0.257 e. The van der Waals surface area contributed by atoms with Gasteiger partial charge in [0.2, 0.25) is 10.0 Å². The minimum Gasteiger partial charge on any atom is -0.496 e. The zero-order chi connectivity index (χ0) is 19.3. The molecule has 0 saturated carbocycles. The zero-order valence-electron chi connectivity index (χ0n) is 14.9. The molecule has 0 aliphatic heterocycles. The lowest BCUT2D eigenvalue weighted by Crippen LogP contribution is -2.31. The van der Waals surface area contributed by atoms with Crippen LogP contribution in [0.25, 0.3) is 0 Å². The van der Waals surface area contributed by atoms with Gasteiger partial charge in [-0.1, -0.05) is 18.2 Å². The van der Waals surface area contributed by atoms with Gasteiger partial charge >= 0.3 is 0 Å². The summed E-state index contributed by atoms with van der Waals surface area (Å²) < 4.78 is 33.9. The third kappa shape index (κ3) is 4.74. The molecule has 0 aliphatic rings. The number of carbonyl (C=O) groups is 1. The van der Waals surface area contributed by atoms with Gasteiger partial charge < -0.3 is 14.4 Å². The SMILES string of the molecule is COc1ccc(S(N)(=O)=O)cc1C(=O)N(C)CCOc1ccccc1C. The summed E-state index contributed by atoms with van der Waals surface area (Å²) in [6, 6.07) is 11.5. The number of nitrogens with two attached hydrogens (primary N) is 1. The van der Waals surface area contributed by atoms with E-state index in [1.165, 1.54) is 30.2 Å². The number of hydrogen-bond donors (Lipinski definition) is 1. The minimum atomic E-state index is -3.92. The Morgan fingerprint density at radius 2 is 1.85 bits per heavy atom. The summed E-state index contributed by atoms with van der Waals surface area (Å²) in [5.41, 5.74) is 1.13. The molecule has 0 radical (unpaired) electrons. The molecule has 0 atom stereocenters. The van der Waals surface area contributed by atoms with Gasteiger partial charge in [-0.05, 0) is 36.8 Å². The van der Waals surface area contributed by atoms with E-state index < -0.39 is 10.0 Å². The van der Waals surface area contributed by atoms with Crippen LogP contribution in [0.5, 0.6) is 11.5 Å². The van der Waals surface area contributed by atoms with Crippen LogP contribution in [0.1, 0.15) is 15.9 Å². The number of aryl methyl sites for hydroxylation is 1. The largest absolute Gasteiger partial charge is 0.496 e. The van der Waals surface area contributed by atoms with E-state index >= 15 is 0 Å². The molecule has 7 nitrogen and oxygen atoms in total. The van der Waals surface area contributed by atoms with Crippen molar-refractivity contribution in [1.82, 2.24) is 4.90 Å². The maximum absolute atomic E-state index is 12.7. The molecule has 0 saturated heterocycles. The van der Waals surface area contributed by atoms with E-state index in [0.29, 0.717) is 13.2 Å². The lowest BCUT2D eigenvalue weighted by molar-refractivity contribution is 0.0770. The lowest BCUT2D eigenvalue weighted by Gasteiger charge is -2.19. The fourth-order valence-corrected chi connectivity index (χ4v) is 2.89. The molecule has 0 bridgehead atoms.